The lowest BCUT2D eigenvalue weighted by Crippen LogP contribution is -1.90. The molecule has 17 nitrogen and oxygen atoms in total. The summed E-state index contributed by atoms with van der Waals surface area (Å²) in [6.07, 6.45) is 33.3. The fourth-order valence-electron chi connectivity index (χ4n) is 4.32. The normalized spacial score (nSPS) is 7.61. The first kappa shape index (κ1) is 103. The zero-order chi connectivity index (χ0) is 71.6. The number of hydrogen-bond acceptors (Lipinski definition) is 14. The molecule has 0 amide bonds. The summed E-state index contributed by atoms with van der Waals surface area (Å²) in [6.45, 7) is 59.7. The van der Waals surface area contributed by atoms with Gasteiger partial charge in [-0.3, -0.25) is 39.0 Å². The van der Waals surface area contributed by atoms with Crippen LogP contribution in [0, 0.1) is 69.2 Å². The Morgan fingerprint density at radius 1 is 0.278 bits per heavy atom. The lowest BCUT2D eigenvalue weighted by atomic mass is 10.3. The lowest BCUT2D eigenvalue weighted by Gasteiger charge is -1.87. The average molecular weight is 1240 g/mol. The Morgan fingerprint density at radius 2 is 0.778 bits per heavy atom. The zero-order valence-electron chi connectivity index (χ0n) is 62.9. The Bertz CT molecular complexity index is 2220. The maximum Gasteiger partial charge on any atom is 0.125 e. The van der Waals surface area contributed by atoms with E-state index in [0.29, 0.717) is 0 Å². The lowest BCUT2D eigenvalue weighted by molar-refractivity contribution is 0.740. The van der Waals surface area contributed by atoms with Crippen molar-refractivity contribution >= 4 is 0 Å². The van der Waals surface area contributed by atoms with E-state index in [1.165, 1.54) is 35.0 Å². The van der Waals surface area contributed by atoms with Crippen LogP contribution in [0.2, 0.25) is 0 Å². The summed E-state index contributed by atoms with van der Waals surface area (Å²) in [5.74, 6) is 0.822. The van der Waals surface area contributed by atoms with Crippen LogP contribution in [0.25, 0.3) is 0 Å². The maximum atomic E-state index is 4.03. The SMILES string of the molecule is CC.CC.CC.CC.CC.CC.CC.CC.CC.CC.Cc1ccccn1.Cc1cccnc1.Cc1ccn(C)n1.Cc1ccncc1.Cc1ccncn1.Cc1ccnn1C.Cc1cnccn1.Cc1cncnc1.Cc1cnn(C)c1.Cc1ncccn1. The first-order chi connectivity index (χ1) is 43.6. The molecular formula is C73H129N17. The van der Waals surface area contributed by atoms with Crippen LogP contribution in [0.5, 0.6) is 0 Å². The highest BCUT2D eigenvalue weighted by Crippen LogP contribution is 1.92. The Morgan fingerprint density at radius 3 is 0.967 bits per heavy atom. The molecular weight excluding hydrogens is 1110 g/mol. The summed E-state index contributed by atoms with van der Waals surface area (Å²) < 4.78 is 5.41. The number of pyridine rings is 3. The molecule has 10 aromatic heterocycles. The molecule has 0 N–H and O–H groups in total. The van der Waals surface area contributed by atoms with E-state index in [4.69, 9.17) is 0 Å². The quantitative estimate of drug-likeness (QED) is 0.139. The summed E-state index contributed by atoms with van der Waals surface area (Å²) in [4.78, 5) is 42.3. The fraction of sp³-hybridized carbons (Fsp3) is 0.452. The second kappa shape index (κ2) is 91.6. The van der Waals surface area contributed by atoms with Crippen LogP contribution in [-0.4, -0.2) is 84.2 Å². The molecule has 0 spiro atoms. The third-order valence-corrected chi connectivity index (χ3v) is 8.02. The number of rotatable bonds is 0. The summed E-state index contributed by atoms with van der Waals surface area (Å²) in [5.41, 5.74) is 10.1. The molecule has 0 unspecified atom stereocenters. The summed E-state index contributed by atoms with van der Waals surface area (Å²) >= 11 is 0. The van der Waals surface area contributed by atoms with Crippen LogP contribution < -0.4 is 0 Å². The van der Waals surface area contributed by atoms with Crippen molar-refractivity contribution in [2.24, 2.45) is 21.1 Å². The first-order valence-electron chi connectivity index (χ1n) is 32.0. The molecule has 0 saturated heterocycles. The van der Waals surface area contributed by atoms with Crippen molar-refractivity contribution in [1.82, 2.24) is 84.2 Å². The molecule has 0 atom stereocenters. The molecule has 10 rings (SSSR count). The molecule has 0 saturated carbocycles. The second-order valence-corrected chi connectivity index (χ2v) is 14.9. The molecule has 506 valence electrons. The molecule has 10 heterocycles. The van der Waals surface area contributed by atoms with Crippen molar-refractivity contribution in [3.05, 3.63) is 241 Å². The predicted molar refractivity (Wildman–Crippen MR) is 391 cm³/mol. The van der Waals surface area contributed by atoms with Crippen LogP contribution in [-0.2, 0) is 21.1 Å². The molecule has 90 heavy (non-hydrogen) atoms. The van der Waals surface area contributed by atoms with Crippen molar-refractivity contribution in [1.29, 1.82) is 0 Å². The third kappa shape index (κ3) is 85.8. The Labute approximate surface area is 551 Å². The van der Waals surface area contributed by atoms with Crippen molar-refractivity contribution in [2.45, 2.75) is 208 Å². The summed E-state index contributed by atoms with van der Waals surface area (Å²) in [5, 5.41) is 11.9. The van der Waals surface area contributed by atoms with Gasteiger partial charge in [-0.15, -0.1) is 0 Å². The van der Waals surface area contributed by atoms with Crippen LogP contribution in [0.1, 0.15) is 195 Å². The molecule has 17 heteroatoms. The largest absolute Gasteiger partial charge is 0.276 e. The second-order valence-electron chi connectivity index (χ2n) is 14.9. The van der Waals surface area contributed by atoms with Crippen molar-refractivity contribution < 1.29 is 0 Å². The molecule has 10 aromatic rings. The van der Waals surface area contributed by atoms with Gasteiger partial charge in [0.2, 0.25) is 0 Å². The maximum absolute atomic E-state index is 4.03. The molecule has 0 aliphatic heterocycles. The van der Waals surface area contributed by atoms with Gasteiger partial charge in [-0.25, -0.2) is 29.9 Å². The standard InChI is InChI=1S/3C6H7N.C5H8N2.C5H6N2.2C5H8N2.3C5H6N2.10C2H6/c1-6-2-4-7-5-3-6;1-6-3-2-4-7-5-6;1-6-4-2-3-5-7-6;1-5-3-6-7(2)4-5;1-5-2-6-4-7-3-5;1-5-3-4-7(2)6-5;1-5-3-4-6-7(5)2;1-5-4-6-2-3-7-5;1-5-2-3-6-4-7-5;1-5-6-3-2-4-7-5;10*1-2/h3*2-5H,1H3;3-4H,1-2H3;2-4H,1H3;2*3-4H,1-2H3;3*2-4H,1H3;10*1-2H3. The highest BCUT2D eigenvalue weighted by Gasteiger charge is 1.85. The van der Waals surface area contributed by atoms with Crippen molar-refractivity contribution in [3.8, 4) is 0 Å². The minimum Gasteiger partial charge on any atom is -0.276 e. The van der Waals surface area contributed by atoms with Gasteiger partial charge in [-0.2, -0.15) is 15.3 Å². The van der Waals surface area contributed by atoms with Crippen molar-refractivity contribution in [2.75, 3.05) is 0 Å². The minimum atomic E-state index is 0.822. The van der Waals surface area contributed by atoms with Crippen LogP contribution in [0.3, 0.4) is 0 Å². The molecule has 0 aliphatic rings. The Balaban J connectivity index is -0.0000000957. The number of aryl methyl sites for hydroxylation is 13. The fourth-order valence-corrected chi connectivity index (χ4v) is 4.32. The smallest absolute Gasteiger partial charge is 0.125 e. The van der Waals surface area contributed by atoms with E-state index in [1.54, 1.807) is 96.0 Å². The summed E-state index contributed by atoms with van der Waals surface area (Å²) in [6, 6.07) is 21.4. The van der Waals surface area contributed by atoms with Gasteiger partial charge >= 0.3 is 0 Å². The van der Waals surface area contributed by atoms with Gasteiger partial charge < -0.3 is 0 Å². The van der Waals surface area contributed by atoms with Gasteiger partial charge in [-0.05, 0) is 146 Å². The summed E-state index contributed by atoms with van der Waals surface area (Å²) in [7, 11) is 5.75. The topological polar surface area (TPSA) is 195 Å². The Hall–Kier alpha value is -8.60. The van der Waals surface area contributed by atoms with Crippen LogP contribution in [0.4, 0.5) is 0 Å². The van der Waals surface area contributed by atoms with Gasteiger partial charge in [-0.1, -0.05) is 151 Å². The van der Waals surface area contributed by atoms with Gasteiger partial charge in [0.1, 0.15) is 18.5 Å². The van der Waals surface area contributed by atoms with E-state index in [1.807, 2.05) is 319 Å². The van der Waals surface area contributed by atoms with E-state index in [9.17, 15) is 0 Å². The predicted octanol–water partition coefficient (Wildman–Crippen LogP) is 19.8. The number of hydrogen-bond donors (Lipinski definition) is 0. The van der Waals surface area contributed by atoms with E-state index >= 15 is 0 Å². The number of aromatic nitrogens is 17. The van der Waals surface area contributed by atoms with E-state index in [2.05, 4.69) is 70.1 Å². The molecule has 0 radical (unpaired) electrons. The molecule has 0 fully saturated rings. The highest BCUT2D eigenvalue weighted by atomic mass is 15.3. The molecule has 0 bridgehead atoms. The Kier molecular flexibility index (Phi) is 105. The monoisotopic (exact) mass is 1240 g/mol. The third-order valence-electron chi connectivity index (χ3n) is 8.02. The van der Waals surface area contributed by atoms with E-state index in [-0.39, 0.29) is 0 Å². The zero-order valence-corrected chi connectivity index (χ0v) is 62.9. The van der Waals surface area contributed by atoms with Crippen molar-refractivity contribution in [3.63, 3.8) is 0 Å². The van der Waals surface area contributed by atoms with Gasteiger partial charge in [0.15, 0.2) is 0 Å². The van der Waals surface area contributed by atoms with E-state index < -0.39 is 0 Å². The highest BCUT2D eigenvalue weighted by molar-refractivity contribution is 5.06. The van der Waals surface area contributed by atoms with Gasteiger partial charge in [0, 0.05) is 137 Å². The van der Waals surface area contributed by atoms with Gasteiger partial charge in [0.05, 0.1) is 17.6 Å². The minimum absolute atomic E-state index is 0.822. The number of nitrogens with zero attached hydrogens (tertiary/aromatic N) is 17. The van der Waals surface area contributed by atoms with Crippen LogP contribution in [0.15, 0.2) is 185 Å². The molecule has 0 aromatic carbocycles. The first-order valence-corrected chi connectivity index (χ1v) is 32.0. The van der Waals surface area contributed by atoms with Crippen LogP contribution >= 0.6 is 0 Å². The van der Waals surface area contributed by atoms with E-state index in [0.717, 1.165) is 34.2 Å². The van der Waals surface area contributed by atoms with Gasteiger partial charge in [0.25, 0.3) is 0 Å². The molecule has 0 aliphatic carbocycles. The average Bonchev–Trinajstić information content (AvgIpc) is 4.43.